The zero-order chi connectivity index (χ0) is 5.82. The zero-order valence-electron chi connectivity index (χ0n) is 4.83. The van der Waals surface area contributed by atoms with E-state index in [9.17, 15) is 0 Å². The molecule has 0 saturated carbocycles. The van der Waals surface area contributed by atoms with E-state index in [1.165, 1.54) is 0 Å². The Morgan fingerprint density at radius 1 is 1.75 bits per heavy atom. The van der Waals surface area contributed by atoms with Crippen LogP contribution in [-0.2, 0) is 0 Å². The van der Waals surface area contributed by atoms with Gasteiger partial charge in [-0.15, -0.1) is 0 Å². The predicted octanol–water partition coefficient (Wildman–Crippen LogP) is 0.446. The fourth-order valence-electron chi connectivity index (χ4n) is 0.535. The average molecular weight is 111 g/mol. The highest BCUT2D eigenvalue weighted by atomic mass is 15.4. The summed E-state index contributed by atoms with van der Waals surface area (Å²) in [5, 5.41) is 0. The topological polar surface area (TPSA) is 29.9 Å². The largest absolute Gasteiger partial charge is 0.325 e. The minimum Gasteiger partial charge on any atom is -0.325 e. The summed E-state index contributed by atoms with van der Waals surface area (Å²) in [6, 6.07) is 0. The quantitative estimate of drug-likeness (QED) is 0.600. The first-order valence-electron chi connectivity index (χ1n) is 2.65. The van der Waals surface area contributed by atoms with Crippen molar-refractivity contribution in [3.8, 4) is 0 Å². The molecule has 0 radical (unpaired) electrons. The molecule has 1 aromatic rings. The molecule has 0 aliphatic heterocycles. The number of nitrogens with one attached hydrogen (secondary N) is 1. The highest BCUT2D eigenvalue weighted by Gasteiger charge is 1.78. The lowest BCUT2D eigenvalue weighted by Gasteiger charge is -1.99. The van der Waals surface area contributed by atoms with Gasteiger partial charge in [0, 0.05) is 18.9 Å². The number of aromatic nitrogens is 2. The van der Waals surface area contributed by atoms with Crippen LogP contribution < -0.4 is 5.43 Å². The molecule has 0 saturated heterocycles. The highest BCUT2D eigenvalue weighted by molar-refractivity contribution is 4.78. The van der Waals surface area contributed by atoms with Crippen molar-refractivity contribution in [2.24, 2.45) is 0 Å². The fourth-order valence-corrected chi connectivity index (χ4v) is 0.535. The second-order valence-electron chi connectivity index (χ2n) is 1.48. The Bertz CT molecular complexity index is 133. The van der Waals surface area contributed by atoms with Gasteiger partial charge in [0.15, 0.2) is 0 Å². The van der Waals surface area contributed by atoms with E-state index in [1.807, 2.05) is 17.8 Å². The number of hydrogen-bond donors (Lipinski definition) is 1. The lowest BCUT2D eigenvalue weighted by atomic mass is 10.8. The van der Waals surface area contributed by atoms with Crippen LogP contribution in [0.4, 0.5) is 0 Å². The Kier molecular flexibility index (Phi) is 1.51. The summed E-state index contributed by atoms with van der Waals surface area (Å²) >= 11 is 0. The van der Waals surface area contributed by atoms with E-state index in [0.29, 0.717) is 0 Å². The monoisotopic (exact) mass is 111 g/mol. The number of nitrogens with zero attached hydrogens (tertiary/aromatic N) is 2. The van der Waals surface area contributed by atoms with Crippen molar-refractivity contribution >= 4 is 0 Å². The van der Waals surface area contributed by atoms with Crippen LogP contribution in [0, 0.1) is 0 Å². The van der Waals surface area contributed by atoms with E-state index in [0.717, 1.165) is 6.54 Å². The molecule has 0 spiro atoms. The van der Waals surface area contributed by atoms with Crippen LogP contribution in [0.3, 0.4) is 0 Å². The van der Waals surface area contributed by atoms with Gasteiger partial charge in [0.1, 0.15) is 6.33 Å². The van der Waals surface area contributed by atoms with Crippen LogP contribution in [0.2, 0.25) is 0 Å². The summed E-state index contributed by atoms with van der Waals surface area (Å²) < 4.78 is 1.82. The summed E-state index contributed by atoms with van der Waals surface area (Å²) in [7, 11) is 0. The number of hydrogen-bond acceptors (Lipinski definition) is 2. The lowest BCUT2D eigenvalue weighted by Crippen LogP contribution is -2.10. The number of imidazole rings is 1. The molecule has 0 aromatic carbocycles. The van der Waals surface area contributed by atoms with Crippen molar-refractivity contribution in [3.63, 3.8) is 0 Å². The molecule has 0 aliphatic carbocycles. The van der Waals surface area contributed by atoms with E-state index in [-0.39, 0.29) is 0 Å². The molecular formula is C5H9N3. The van der Waals surface area contributed by atoms with Crippen molar-refractivity contribution in [2.45, 2.75) is 6.92 Å². The Labute approximate surface area is 48.3 Å². The second kappa shape index (κ2) is 2.35. The van der Waals surface area contributed by atoms with E-state index in [2.05, 4.69) is 10.4 Å². The van der Waals surface area contributed by atoms with Crippen LogP contribution >= 0.6 is 0 Å². The van der Waals surface area contributed by atoms with Crippen LogP contribution in [0.1, 0.15) is 6.92 Å². The molecule has 44 valence electrons. The Hall–Kier alpha value is -0.990. The van der Waals surface area contributed by atoms with E-state index < -0.39 is 0 Å². The average Bonchev–Trinajstić information content (AvgIpc) is 2.19. The zero-order valence-corrected chi connectivity index (χ0v) is 4.83. The molecular weight excluding hydrogens is 102 g/mol. The molecule has 0 aliphatic rings. The summed E-state index contributed by atoms with van der Waals surface area (Å²) in [4.78, 5) is 3.84. The van der Waals surface area contributed by atoms with Gasteiger partial charge < -0.3 is 5.43 Å². The standard InChI is InChI=1S/C5H9N3/c1-2-7-8-4-3-6-5-8/h3-5,7H,2H2,1H3. The lowest BCUT2D eigenvalue weighted by molar-refractivity contribution is 0.862. The molecule has 1 aromatic heterocycles. The van der Waals surface area contributed by atoms with Gasteiger partial charge in [-0.25, -0.2) is 4.98 Å². The van der Waals surface area contributed by atoms with Crippen molar-refractivity contribution < 1.29 is 0 Å². The first-order valence-corrected chi connectivity index (χ1v) is 2.65. The van der Waals surface area contributed by atoms with Crippen molar-refractivity contribution in [2.75, 3.05) is 12.0 Å². The van der Waals surface area contributed by atoms with Crippen LogP contribution in [0.5, 0.6) is 0 Å². The van der Waals surface area contributed by atoms with Gasteiger partial charge in [0.2, 0.25) is 0 Å². The minimum atomic E-state index is 0.927. The van der Waals surface area contributed by atoms with Gasteiger partial charge in [-0.3, -0.25) is 4.68 Å². The molecule has 0 unspecified atom stereocenters. The third-order valence-corrected chi connectivity index (χ3v) is 0.845. The third kappa shape index (κ3) is 0.992. The molecule has 3 heteroatoms. The van der Waals surface area contributed by atoms with Gasteiger partial charge in [0.05, 0.1) is 0 Å². The summed E-state index contributed by atoms with van der Waals surface area (Å²) in [6.45, 7) is 2.97. The molecule has 0 atom stereocenters. The Morgan fingerprint density at radius 2 is 2.62 bits per heavy atom. The summed E-state index contributed by atoms with van der Waals surface area (Å²) in [6.07, 6.45) is 5.33. The van der Waals surface area contributed by atoms with Crippen molar-refractivity contribution in [1.29, 1.82) is 0 Å². The predicted molar refractivity (Wildman–Crippen MR) is 32.1 cm³/mol. The maximum absolute atomic E-state index is 3.84. The maximum Gasteiger partial charge on any atom is 0.114 e. The normalized spacial score (nSPS) is 9.12. The van der Waals surface area contributed by atoms with Crippen molar-refractivity contribution in [1.82, 2.24) is 9.66 Å². The van der Waals surface area contributed by atoms with E-state index in [1.54, 1.807) is 12.5 Å². The molecule has 1 rings (SSSR count). The molecule has 3 nitrogen and oxygen atoms in total. The van der Waals surface area contributed by atoms with Crippen LogP contribution in [0.15, 0.2) is 18.7 Å². The van der Waals surface area contributed by atoms with Crippen molar-refractivity contribution in [3.05, 3.63) is 18.7 Å². The maximum atomic E-state index is 3.84. The van der Waals surface area contributed by atoms with Gasteiger partial charge in [-0.05, 0) is 6.92 Å². The molecule has 0 amide bonds. The Morgan fingerprint density at radius 3 is 3.12 bits per heavy atom. The van der Waals surface area contributed by atoms with Gasteiger partial charge in [-0.1, -0.05) is 0 Å². The van der Waals surface area contributed by atoms with Gasteiger partial charge >= 0.3 is 0 Å². The highest BCUT2D eigenvalue weighted by Crippen LogP contribution is 1.76. The first kappa shape index (κ1) is 5.15. The molecule has 8 heavy (non-hydrogen) atoms. The fraction of sp³-hybridized carbons (Fsp3) is 0.400. The first-order chi connectivity index (χ1) is 3.93. The van der Waals surface area contributed by atoms with Gasteiger partial charge in [0.25, 0.3) is 0 Å². The Balaban J connectivity index is 2.50. The van der Waals surface area contributed by atoms with E-state index in [4.69, 9.17) is 0 Å². The smallest absolute Gasteiger partial charge is 0.114 e. The number of rotatable bonds is 2. The summed E-state index contributed by atoms with van der Waals surface area (Å²) in [5.41, 5.74) is 3.04. The minimum absolute atomic E-state index is 0.927. The molecule has 1 heterocycles. The van der Waals surface area contributed by atoms with Gasteiger partial charge in [-0.2, -0.15) is 0 Å². The van der Waals surface area contributed by atoms with E-state index >= 15 is 0 Å². The molecule has 1 N–H and O–H groups in total. The van der Waals surface area contributed by atoms with Crippen LogP contribution in [-0.4, -0.2) is 16.2 Å². The second-order valence-corrected chi connectivity index (χ2v) is 1.48. The summed E-state index contributed by atoms with van der Waals surface area (Å²) in [5.74, 6) is 0. The van der Waals surface area contributed by atoms with Crippen LogP contribution in [0.25, 0.3) is 0 Å². The molecule has 0 bridgehead atoms. The molecule has 0 fully saturated rings. The SMILES string of the molecule is CCNn1ccnc1. The third-order valence-electron chi connectivity index (χ3n) is 0.845.